The number of benzene rings is 2. The second kappa shape index (κ2) is 9.59. The van der Waals surface area contributed by atoms with Crippen molar-refractivity contribution in [2.45, 2.75) is 12.8 Å². The number of amides is 3. The number of nitrogens with zero attached hydrogens (tertiary/aromatic N) is 1. The zero-order valence-corrected chi connectivity index (χ0v) is 17.8. The number of ether oxygens (including phenoxy) is 3. The van der Waals surface area contributed by atoms with Gasteiger partial charge < -0.3 is 29.7 Å². The summed E-state index contributed by atoms with van der Waals surface area (Å²) in [5.41, 5.74) is 1.33. The molecule has 0 unspecified atom stereocenters. The zero-order chi connectivity index (χ0) is 22.5. The van der Waals surface area contributed by atoms with Crippen LogP contribution in [0.15, 0.2) is 42.5 Å². The van der Waals surface area contributed by atoms with Crippen LogP contribution < -0.4 is 29.7 Å². The van der Waals surface area contributed by atoms with Gasteiger partial charge in [-0.3, -0.25) is 14.4 Å². The van der Waals surface area contributed by atoms with Gasteiger partial charge in [-0.25, -0.2) is 0 Å². The fourth-order valence-electron chi connectivity index (χ4n) is 3.68. The quantitative estimate of drug-likeness (QED) is 0.683. The molecule has 9 nitrogen and oxygen atoms in total. The maximum Gasteiger partial charge on any atom is 0.227 e. The molecule has 2 N–H and O–H groups in total. The lowest BCUT2D eigenvalue weighted by Crippen LogP contribution is -2.34. The molecule has 0 spiro atoms. The highest BCUT2D eigenvalue weighted by molar-refractivity contribution is 6.00. The molecule has 2 aliphatic heterocycles. The van der Waals surface area contributed by atoms with E-state index in [0.29, 0.717) is 42.7 Å². The summed E-state index contributed by atoms with van der Waals surface area (Å²) >= 11 is 0. The molecule has 4 rings (SSSR count). The minimum atomic E-state index is -0.453. The van der Waals surface area contributed by atoms with Gasteiger partial charge in [0.25, 0.3) is 0 Å². The Bertz CT molecular complexity index is 1010. The number of rotatable bonds is 7. The van der Waals surface area contributed by atoms with E-state index in [1.165, 1.54) is 0 Å². The van der Waals surface area contributed by atoms with E-state index in [2.05, 4.69) is 10.6 Å². The number of carbonyl (C=O) groups is 3. The molecule has 0 aromatic heterocycles. The first-order valence-electron chi connectivity index (χ1n) is 10.4. The van der Waals surface area contributed by atoms with Crippen LogP contribution in [0.5, 0.6) is 17.2 Å². The number of hydrogen-bond acceptors (Lipinski definition) is 6. The third kappa shape index (κ3) is 4.93. The van der Waals surface area contributed by atoms with Crippen LogP contribution in [-0.2, 0) is 14.4 Å². The second-order valence-corrected chi connectivity index (χ2v) is 7.55. The SMILES string of the molecule is COc1ccc(N2C[C@H](C(=O)NCCC(=O)Nc3ccc4c(c3)OCCO4)CC2=O)cc1. The van der Waals surface area contributed by atoms with Gasteiger partial charge in [0.2, 0.25) is 17.7 Å². The lowest BCUT2D eigenvalue weighted by Gasteiger charge is -2.19. The Morgan fingerprint density at radius 3 is 2.59 bits per heavy atom. The number of nitrogens with one attached hydrogen (secondary N) is 2. The Balaban J connectivity index is 1.23. The van der Waals surface area contributed by atoms with Gasteiger partial charge in [0.15, 0.2) is 11.5 Å². The van der Waals surface area contributed by atoms with Crippen molar-refractivity contribution in [2.24, 2.45) is 5.92 Å². The van der Waals surface area contributed by atoms with Crippen molar-refractivity contribution in [3.05, 3.63) is 42.5 Å². The smallest absolute Gasteiger partial charge is 0.227 e. The van der Waals surface area contributed by atoms with Crippen molar-refractivity contribution >= 4 is 29.1 Å². The second-order valence-electron chi connectivity index (χ2n) is 7.55. The van der Waals surface area contributed by atoms with Crippen LogP contribution in [0.1, 0.15) is 12.8 Å². The number of methoxy groups -OCH3 is 1. The molecule has 0 radical (unpaired) electrons. The molecule has 3 amide bonds. The highest BCUT2D eigenvalue weighted by atomic mass is 16.6. The van der Waals surface area contributed by atoms with Crippen LogP contribution in [0, 0.1) is 5.92 Å². The van der Waals surface area contributed by atoms with Gasteiger partial charge >= 0.3 is 0 Å². The Hall–Kier alpha value is -3.75. The summed E-state index contributed by atoms with van der Waals surface area (Å²) in [6.07, 6.45) is 0.254. The summed E-state index contributed by atoms with van der Waals surface area (Å²) in [5.74, 6) is 0.915. The van der Waals surface area contributed by atoms with Crippen LogP contribution in [0.4, 0.5) is 11.4 Å². The largest absolute Gasteiger partial charge is 0.497 e. The molecule has 32 heavy (non-hydrogen) atoms. The molecule has 2 aromatic rings. The van der Waals surface area contributed by atoms with Crippen LogP contribution >= 0.6 is 0 Å². The van der Waals surface area contributed by atoms with Gasteiger partial charge in [-0.15, -0.1) is 0 Å². The maximum atomic E-state index is 12.5. The molecule has 0 aliphatic carbocycles. The van der Waals surface area contributed by atoms with E-state index in [0.717, 1.165) is 5.69 Å². The average Bonchev–Trinajstić information content (AvgIpc) is 3.20. The van der Waals surface area contributed by atoms with E-state index in [9.17, 15) is 14.4 Å². The van der Waals surface area contributed by atoms with Crippen LogP contribution in [0.25, 0.3) is 0 Å². The molecule has 1 fully saturated rings. The van der Waals surface area contributed by atoms with Crippen LogP contribution in [-0.4, -0.2) is 51.1 Å². The molecule has 1 atom stereocenters. The molecule has 0 bridgehead atoms. The van der Waals surface area contributed by atoms with E-state index in [1.807, 2.05) is 0 Å². The van der Waals surface area contributed by atoms with Crippen molar-refractivity contribution in [3.63, 3.8) is 0 Å². The predicted octanol–water partition coefficient (Wildman–Crippen LogP) is 1.96. The van der Waals surface area contributed by atoms with Gasteiger partial charge in [-0.2, -0.15) is 0 Å². The minimum absolute atomic E-state index is 0.105. The molecule has 2 aromatic carbocycles. The van der Waals surface area contributed by atoms with E-state index in [-0.39, 0.29) is 37.1 Å². The first-order chi connectivity index (χ1) is 15.5. The average molecular weight is 439 g/mol. The lowest BCUT2D eigenvalue weighted by molar-refractivity contribution is -0.126. The molecule has 0 saturated carbocycles. The van der Waals surface area contributed by atoms with E-state index in [1.54, 1.807) is 54.5 Å². The normalized spacial score (nSPS) is 17.1. The fraction of sp³-hybridized carbons (Fsp3) is 0.348. The summed E-state index contributed by atoms with van der Waals surface area (Å²) < 4.78 is 16.1. The summed E-state index contributed by atoms with van der Waals surface area (Å²) in [6.45, 7) is 1.46. The topological polar surface area (TPSA) is 106 Å². The summed E-state index contributed by atoms with van der Waals surface area (Å²) in [6, 6.07) is 12.3. The van der Waals surface area contributed by atoms with Gasteiger partial charge in [0.1, 0.15) is 19.0 Å². The number of fused-ring (bicyclic) bond motifs is 1. The Kier molecular flexibility index (Phi) is 6.44. The highest BCUT2D eigenvalue weighted by Crippen LogP contribution is 2.32. The zero-order valence-electron chi connectivity index (χ0n) is 17.8. The highest BCUT2D eigenvalue weighted by Gasteiger charge is 2.35. The van der Waals surface area contributed by atoms with Crippen molar-refractivity contribution < 1.29 is 28.6 Å². The molecular weight excluding hydrogens is 414 g/mol. The Labute approximate surface area is 185 Å². The van der Waals surface area contributed by atoms with Crippen LogP contribution in [0.2, 0.25) is 0 Å². The van der Waals surface area contributed by atoms with Gasteiger partial charge in [0, 0.05) is 43.4 Å². The van der Waals surface area contributed by atoms with Gasteiger partial charge in [-0.1, -0.05) is 0 Å². The van der Waals surface area contributed by atoms with E-state index >= 15 is 0 Å². The number of anilines is 2. The summed E-state index contributed by atoms with van der Waals surface area (Å²) in [7, 11) is 1.58. The van der Waals surface area contributed by atoms with E-state index < -0.39 is 5.92 Å². The molecule has 2 aliphatic rings. The third-order valence-corrected chi connectivity index (χ3v) is 5.36. The molecule has 9 heteroatoms. The Morgan fingerprint density at radius 2 is 1.84 bits per heavy atom. The van der Waals surface area contributed by atoms with Gasteiger partial charge in [-0.05, 0) is 36.4 Å². The molecular formula is C23H25N3O6. The van der Waals surface area contributed by atoms with Gasteiger partial charge in [0.05, 0.1) is 13.0 Å². The lowest BCUT2D eigenvalue weighted by atomic mass is 10.1. The first-order valence-corrected chi connectivity index (χ1v) is 10.4. The fourth-order valence-corrected chi connectivity index (χ4v) is 3.68. The first kappa shape index (κ1) is 21.5. The molecule has 168 valence electrons. The maximum absolute atomic E-state index is 12.5. The summed E-state index contributed by atoms with van der Waals surface area (Å²) in [4.78, 5) is 38.7. The standard InChI is InChI=1S/C23H25N3O6/c1-30-18-5-3-17(4-6-18)26-14-15(12-22(26)28)23(29)24-9-8-21(27)25-16-2-7-19-20(13-16)32-11-10-31-19/h2-7,13,15H,8-12,14H2,1H3,(H,24,29)(H,25,27)/t15-/m1/s1. The van der Waals surface area contributed by atoms with Crippen molar-refractivity contribution in [2.75, 3.05) is 43.6 Å². The monoisotopic (exact) mass is 439 g/mol. The predicted molar refractivity (Wildman–Crippen MR) is 117 cm³/mol. The van der Waals surface area contributed by atoms with Crippen molar-refractivity contribution in [3.8, 4) is 17.2 Å². The third-order valence-electron chi connectivity index (χ3n) is 5.36. The van der Waals surface area contributed by atoms with Crippen molar-refractivity contribution in [1.29, 1.82) is 0 Å². The minimum Gasteiger partial charge on any atom is -0.497 e. The summed E-state index contributed by atoms with van der Waals surface area (Å²) in [5, 5.41) is 5.54. The Morgan fingerprint density at radius 1 is 1.09 bits per heavy atom. The van der Waals surface area contributed by atoms with Crippen molar-refractivity contribution in [1.82, 2.24) is 5.32 Å². The molecule has 2 heterocycles. The number of carbonyl (C=O) groups excluding carboxylic acids is 3. The van der Waals surface area contributed by atoms with Crippen LogP contribution in [0.3, 0.4) is 0 Å². The molecule has 1 saturated heterocycles. The van der Waals surface area contributed by atoms with E-state index in [4.69, 9.17) is 14.2 Å². The number of hydrogen-bond donors (Lipinski definition) is 2.